The van der Waals surface area contributed by atoms with Crippen molar-refractivity contribution < 1.29 is 15.2 Å². The fourth-order valence-corrected chi connectivity index (χ4v) is 2.57. The van der Waals surface area contributed by atoms with E-state index in [0.717, 1.165) is 26.2 Å². The molecule has 0 aromatic carbocycles. The van der Waals surface area contributed by atoms with Crippen LogP contribution in [0, 0.1) is 0 Å². The molecule has 0 aliphatic carbocycles. The van der Waals surface area contributed by atoms with Gasteiger partial charge in [0.25, 0.3) is 0 Å². The highest BCUT2D eigenvalue weighted by Gasteiger charge is 2.24. The molecule has 1 saturated heterocycles. The Morgan fingerprint density at radius 2 is 2.05 bits per heavy atom. The average Bonchev–Trinajstić information content (AvgIpc) is 2.46. The van der Waals surface area contributed by atoms with Gasteiger partial charge in [-0.05, 0) is 12.9 Å². The maximum Gasteiger partial charge on any atom is 0.376 e. The zero-order valence-corrected chi connectivity index (χ0v) is 12.2. The molecule has 0 spiro atoms. The van der Waals surface area contributed by atoms with Crippen LogP contribution < -0.4 is 4.90 Å². The van der Waals surface area contributed by atoms with Crippen molar-refractivity contribution >= 4 is 24.5 Å². The van der Waals surface area contributed by atoms with Crippen LogP contribution in [0.2, 0.25) is 11.8 Å². The van der Waals surface area contributed by atoms with E-state index in [1.165, 1.54) is 6.20 Å². The van der Waals surface area contributed by atoms with Gasteiger partial charge in [0.2, 0.25) is 0 Å². The van der Waals surface area contributed by atoms with Gasteiger partial charge in [0.1, 0.15) is 11.9 Å². The molecule has 110 valence electrons. The highest BCUT2D eigenvalue weighted by atomic mass is 35.5. The Morgan fingerprint density at radius 3 is 2.55 bits per heavy atom. The molecule has 0 radical (unpaired) electrons. The maximum absolute atomic E-state index is 9.55. The third kappa shape index (κ3) is 3.42. The molecule has 0 amide bonds. The molecule has 1 aliphatic rings. The van der Waals surface area contributed by atoms with Crippen LogP contribution >= 0.6 is 11.6 Å². The average molecular weight is 300 g/mol. The second-order valence-corrected chi connectivity index (χ2v) is 5.33. The van der Waals surface area contributed by atoms with Crippen molar-refractivity contribution in [3.8, 4) is 0 Å². The fraction of sp³-hybridized carbons (Fsp3) is 0.583. The van der Waals surface area contributed by atoms with Crippen LogP contribution in [0.4, 0.5) is 5.82 Å². The first-order valence-corrected chi connectivity index (χ1v) is 7.02. The second kappa shape index (κ2) is 6.73. The lowest BCUT2D eigenvalue weighted by molar-refractivity contribution is 0.0953. The van der Waals surface area contributed by atoms with E-state index in [-0.39, 0.29) is 6.61 Å². The van der Waals surface area contributed by atoms with Crippen molar-refractivity contribution in [3.63, 3.8) is 0 Å². The summed E-state index contributed by atoms with van der Waals surface area (Å²) in [5, 5.41) is 28.5. The topological polar surface area (TPSA) is 80.1 Å². The van der Waals surface area contributed by atoms with Crippen molar-refractivity contribution in [1.29, 1.82) is 0 Å². The number of halogens is 1. The quantitative estimate of drug-likeness (QED) is 0.679. The molecule has 1 aromatic heterocycles. The monoisotopic (exact) mass is 299 g/mol. The number of pyridine rings is 1. The molecule has 6 nitrogen and oxygen atoms in total. The normalized spacial score (nSPS) is 18.1. The van der Waals surface area contributed by atoms with Gasteiger partial charge < -0.3 is 24.9 Å². The predicted octanol–water partition coefficient (Wildman–Crippen LogP) is -0.00700. The lowest BCUT2D eigenvalue weighted by Gasteiger charge is -2.36. The number of aromatic nitrogens is 1. The fourth-order valence-electron chi connectivity index (χ4n) is 2.27. The van der Waals surface area contributed by atoms with Gasteiger partial charge in [-0.25, -0.2) is 4.98 Å². The van der Waals surface area contributed by atoms with Crippen molar-refractivity contribution in [2.45, 2.75) is 12.9 Å². The number of piperazine rings is 1. The zero-order chi connectivity index (χ0) is 14.7. The number of hydrogen-bond acceptors (Lipinski definition) is 6. The number of aliphatic hydroxyl groups is 2. The van der Waals surface area contributed by atoms with E-state index in [4.69, 9.17) is 16.7 Å². The minimum Gasteiger partial charge on any atom is -0.437 e. The lowest BCUT2D eigenvalue weighted by Crippen LogP contribution is -2.51. The van der Waals surface area contributed by atoms with Crippen LogP contribution in [0.25, 0.3) is 0 Å². The molecule has 2 rings (SSSR count). The molecular weight excluding hydrogens is 280 g/mol. The first kappa shape index (κ1) is 15.5. The summed E-state index contributed by atoms with van der Waals surface area (Å²) < 4.78 is 0. The summed E-state index contributed by atoms with van der Waals surface area (Å²) in [4.78, 5) is 8.32. The Morgan fingerprint density at radius 1 is 1.40 bits per heavy atom. The van der Waals surface area contributed by atoms with Crippen molar-refractivity contribution in [2.75, 3.05) is 37.7 Å². The van der Waals surface area contributed by atoms with Crippen molar-refractivity contribution in [1.82, 2.24) is 9.79 Å². The van der Waals surface area contributed by atoms with Crippen LogP contribution in [0.3, 0.4) is 0 Å². The molecule has 1 atom stereocenters. The largest absolute Gasteiger partial charge is 0.437 e. The molecule has 0 unspecified atom stereocenters. The van der Waals surface area contributed by atoms with Gasteiger partial charge in [-0.2, -0.15) is 0 Å². The van der Waals surface area contributed by atoms with E-state index in [9.17, 15) is 10.1 Å². The van der Waals surface area contributed by atoms with E-state index >= 15 is 0 Å². The summed E-state index contributed by atoms with van der Waals surface area (Å²) >= 11 is 6.20. The smallest absolute Gasteiger partial charge is 0.376 e. The molecule has 1 aromatic rings. The molecule has 1 fully saturated rings. The van der Waals surface area contributed by atoms with Gasteiger partial charge in [0.05, 0.1) is 11.6 Å². The Kier molecular flexibility index (Phi) is 5.23. The third-order valence-corrected chi connectivity index (χ3v) is 3.82. The maximum atomic E-state index is 9.55. The predicted molar refractivity (Wildman–Crippen MR) is 78.9 cm³/mol. The summed E-state index contributed by atoms with van der Waals surface area (Å²) in [7, 11) is -0.442. The summed E-state index contributed by atoms with van der Waals surface area (Å²) in [5.74, 6) is 0.672. The van der Waals surface area contributed by atoms with Crippen LogP contribution in [-0.2, 0) is 0 Å². The molecule has 0 saturated carbocycles. The first-order chi connectivity index (χ1) is 9.52. The number of nitrogens with zero attached hydrogens (tertiary/aromatic N) is 3. The van der Waals surface area contributed by atoms with Crippen molar-refractivity contribution in [2.24, 2.45) is 0 Å². The SMILES string of the molecule is CB(O)N1CCN(c2ncc([C@H](O)CO)cc2Cl)CC1. The highest BCUT2D eigenvalue weighted by molar-refractivity contribution is 6.45. The highest BCUT2D eigenvalue weighted by Crippen LogP contribution is 2.27. The summed E-state index contributed by atoms with van der Waals surface area (Å²) in [6.07, 6.45) is 0.574. The Labute approximate surface area is 123 Å². The standard InChI is InChI=1S/C12H19BClN3O3/c1-13(20)17-4-2-16(3-5-17)12-10(14)6-9(7-15-12)11(19)8-18/h6-7,11,18-20H,2-5,8H2,1H3/t11-/m1/s1. The van der Waals surface area contributed by atoms with Crippen LogP contribution in [0.15, 0.2) is 12.3 Å². The van der Waals surface area contributed by atoms with Gasteiger partial charge in [-0.15, -0.1) is 0 Å². The first-order valence-electron chi connectivity index (χ1n) is 6.64. The van der Waals surface area contributed by atoms with Gasteiger partial charge in [-0.3, -0.25) is 0 Å². The van der Waals surface area contributed by atoms with Crippen molar-refractivity contribution in [3.05, 3.63) is 22.8 Å². The Hall–Kier alpha value is -0.855. The van der Waals surface area contributed by atoms with Crippen LogP contribution in [0.5, 0.6) is 0 Å². The molecular formula is C12H19BClN3O3. The van der Waals surface area contributed by atoms with E-state index in [0.29, 0.717) is 16.4 Å². The van der Waals surface area contributed by atoms with Gasteiger partial charge >= 0.3 is 7.05 Å². The minimum absolute atomic E-state index is 0.357. The van der Waals surface area contributed by atoms with Crippen LogP contribution in [0.1, 0.15) is 11.7 Å². The minimum atomic E-state index is -0.957. The van der Waals surface area contributed by atoms with E-state index in [1.807, 2.05) is 4.81 Å². The Balaban J connectivity index is 2.07. The molecule has 20 heavy (non-hydrogen) atoms. The number of rotatable bonds is 4. The molecule has 8 heteroatoms. The summed E-state index contributed by atoms with van der Waals surface area (Å²) in [6.45, 7) is 4.36. The number of aliphatic hydroxyl groups excluding tert-OH is 2. The van der Waals surface area contributed by atoms with E-state index in [1.54, 1.807) is 12.9 Å². The lowest BCUT2D eigenvalue weighted by atomic mass is 9.84. The van der Waals surface area contributed by atoms with Crippen LogP contribution in [-0.4, -0.2) is 64.9 Å². The van der Waals surface area contributed by atoms with E-state index < -0.39 is 13.2 Å². The molecule has 2 heterocycles. The number of hydrogen-bond donors (Lipinski definition) is 3. The zero-order valence-electron chi connectivity index (χ0n) is 11.4. The molecule has 3 N–H and O–H groups in total. The second-order valence-electron chi connectivity index (χ2n) is 4.93. The van der Waals surface area contributed by atoms with E-state index in [2.05, 4.69) is 9.88 Å². The van der Waals surface area contributed by atoms with Gasteiger partial charge in [-0.1, -0.05) is 11.6 Å². The Bertz CT molecular complexity index is 456. The molecule has 1 aliphatic heterocycles. The van der Waals surface area contributed by atoms with Gasteiger partial charge in [0, 0.05) is 37.9 Å². The summed E-state index contributed by atoms with van der Waals surface area (Å²) in [5.41, 5.74) is 0.504. The van der Waals surface area contributed by atoms with Gasteiger partial charge in [0.15, 0.2) is 0 Å². The number of anilines is 1. The third-order valence-electron chi connectivity index (χ3n) is 3.54. The summed E-state index contributed by atoms with van der Waals surface area (Å²) in [6, 6.07) is 1.63. The molecule has 0 bridgehead atoms.